The van der Waals surface area contributed by atoms with E-state index in [-0.39, 0.29) is 24.9 Å². The van der Waals surface area contributed by atoms with Crippen LogP contribution in [0.25, 0.3) is 22.0 Å². The number of halogens is 1. The van der Waals surface area contributed by atoms with Gasteiger partial charge in [-0.25, -0.2) is 4.79 Å². The number of H-pyrrole nitrogens is 1. The summed E-state index contributed by atoms with van der Waals surface area (Å²) in [5.41, 5.74) is 4.73. The fourth-order valence-electron chi connectivity index (χ4n) is 5.34. The monoisotopic (exact) mass is 595 g/mol. The van der Waals surface area contributed by atoms with Crippen LogP contribution in [0.15, 0.2) is 78.9 Å². The van der Waals surface area contributed by atoms with E-state index in [4.69, 9.17) is 25.8 Å². The van der Waals surface area contributed by atoms with Gasteiger partial charge in [-0.2, -0.15) is 0 Å². The maximum Gasteiger partial charge on any atom is 0.352 e. The predicted molar refractivity (Wildman–Crippen MR) is 166 cm³/mol. The van der Waals surface area contributed by atoms with Crippen molar-refractivity contribution in [2.75, 3.05) is 6.79 Å². The molecule has 0 aliphatic carbocycles. The van der Waals surface area contributed by atoms with Crippen molar-refractivity contribution in [3.05, 3.63) is 112 Å². The van der Waals surface area contributed by atoms with Crippen LogP contribution in [-0.2, 0) is 13.0 Å². The zero-order chi connectivity index (χ0) is 30.3. The number of ketones is 1. The molecule has 0 saturated heterocycles. The molecule has 0 radical (unpaired) electrons. The molecule has 8 heteroatoms. The summed E-state index contributed by atoms with van der Waals surface area (Å²) in [6.07, 6.45) is 0.345. The Morgan fingerprint density at radius 3 is 2.33 bits per heavy atom. The van der Waals surface area contributed by atoms with E-state index < -0.39 is 11.4 Å². The maximum atomic E-state index is 12.7. The molecule has 2 heterocycles. The van der Waals surface area contributed by atoms with Crippen LogP contribution in [0.3, 0.4) is 0 Å². The van der Waals surface area contributed by atoms with Crippen molar-refractivity contribution in [3.63, 3.8) is 0 Å². The highest BCUT2D eigenvalue weighted by Crippen LogP contribution is 2.43. The Labute approximate surface area is 254 Å². The molecule has 5 aromatic rings. The largest absolute Gasteiger partial charge is 0.489 e. The average Bonchev–Trinajstić information content (AvgIpc) is 3.61. The summed E-state index contributed by atoms with van der Waals surface area (Å²) in [5.74, 6) is 0.779. The molecule has 0 fully saturated rings. The average molecular weight is 596 g/mol. The molecule has 218 valence electrons. The fourth-order valence-corrected chi connectivity index (χ4v) is 5.56. The molecule has 0 unspecified atom stereocenters. The lowest BCUT2D eigenvalue weighted by Crippen LogP contribution is -2.20. The Balaban J connectivity index is 1.45. The number of aromatic nitrogens is 1. The highest BCUT2D eigenvalue weighted by Gasteiger charge is 2.25. The molecule has 2 N–H and O–H groups in total. The molecular formula is C35H30ClNO6. The van der Waals surface area contributed by atoms with Crippen molar-refractivity contribution in [1.82, 2.24) is 4.98 Å². The number of benzene rings is 4. The number of carboxylic acid groups (broad SMARTS) is 1. The number of Topliss-reactive ketones (excluding diaryl/α,β-unsaturated/α-hetero) is 1. The van der Waals surface area contributed by atoms with Gasteiger partial charge < -0.3 is 24.3 Å². The molecule has 1 aromatic heterocycles. The van der Waals surface area contributed by atoms with E-state index in [9.17, 15) is 14.7 Å². The van der Waals surface area contributed by atoms with E-state index in [0.29, 0.717) is 45.3 Å². The molecule has 7 nitrogen and oxygen atoms in total. The quantitative estimate of drug-likeness (QED) is 0.175. The van der Waals surface area contributed by atoms with Crippen LogP contribution in [0.5, 0.6) is 17.2 Å². The van der Waals surface area contributed by atoms with Gasteiger partial charge in [-0.05, 0) is 34.9 Å². The summed E-state index contributed by atoms with van der Waals surface area (Å²) >= 11 is 6.71. The summed E-state index contributed by atoms with van der Waals surface area (Å²) in [6, 6.07) is 24.1. The van der Waals surface area contributed by atoms with Crippen LogP contribution in [0.1, 0.15) is 58.3 Å². The zero-order valence-electron chi connectivity index (χ0n) is 24.0. The Kier molecular flexibility index (Phi) is 7.36. The van der Waals surface area contributed by atoms with Crippen molar-refractivity contribution in [3.8, 4) is 28.4 Å². The number of rotatable bonds is 8. The van der Waals surface area contributed by atoms with E-state index in [1.165, 1.54) is 0 Å². The first-order valence-electron chi connectivity index (χ1n) is 13.9. The summed E-state index contributed by atoms with van der Waals surface area (Å²) in [4.78, 5) is 28.2. The maximum absolute atomic E-state index is 12.7. The molecule has 43 heavy (non-hydrogen) atoms. The minimum atomic E-state index is -1.06. The van der Waals surface area contributed by atoms with E-state index >= 15 is 0 Å². The molecule has 0 saturated carbocycles. The normalized spacial score (nSPS) is 12.5. The zero-order valence-corrected chi connectivity index (χ0v) is 24.7. The summed E-state index contributed by atoms with van der Waals surface area (Å²) in [5, 5.41) is 11.4. The standard InChI is InChI=1S/C35H30ClNO6/c1-35(2,3)33(38)22-11-9-20(10-12-22)18-41-27-14-13-26-31(30(32(37-26)34(39)40)21-7-5-4-6-8-21)24(27)15-23-16-28-29(17-25(23)36)43-19-42-28/h4-14,16-17,37H,15,18-19H2,1-3H3,(H,39,40). The number of aromatic carboxylic acids is 1. The van der Waals surface area contributed by atoms with Crippen LogP contribution in [0.4, 0.5) is 0 Å². The van der Waals surface area contributed by atoms with Crippen molar-refractivity contribution in [1.29, 1.82) is 0 Å². The van der Waals surface area contributed by atoms with Gasteiger partial charge in [0.25, 0.3) is 0 Å². The Morgan fingerprint density at radius 1 is 0.953 bits per heavy atom. The summed E-state index contributed by atoms with van der Waals surface area (Å²) in [7, 11) is 0. The number of fused-ring (bicyclic) bond motifs is 2. The smallest absolute Gasteiger partial charge is 0.352 e. The fraction of sp³-hybridized carbons (Fsp3) is 0.200. The van der Waals surface area contributed by atoms with Crippen LogP contribution in [-0.4, -0.2) is 28.6 Å². The molecule has 0 atom stereocenters. The molecular weight excluding hydrogens is 566 g/mol. The number of carbonyl (C=O) groups is 2. The minimum absolute atomic E-state index is 0.0726. The second-order valence-electron chi connectivity index (χ2n) is 11.5. The number of nitrogens with one attached hydrogen (secondary N) is 1. The summed E-state index contributed by atoms with van der Waals surface area (Å²) in [6.45, 7) is 6.07. The second-order valence-corrected chi connectivity index (χ2v) is 12.0. The number of carboxylic acids is 1. The van der Waals surface area contributed by atoms with Crippen LogP contribution in [0, 0.1) is 5.41 Å². The van der Waals surface area contributed by atoms with Gasteiger partial charge in [0.1, 0.15) is 18.1 Å². The van der Waals surface area contributed by atoms with Crippen molar-refractivity contribution in [2.24, 2.45) is 5.41 Å². The third kappa shape index (κ3) is 5.56. The Hall–Kier alpha value is -4.75. The van der Waals surface area contributed by atoms with Gasteiger partial charge in [-0.1, -0.05) is 87.0 Å². The van der Waals surface area contributed by atoms with E-state index in [1.807, 2.05) is 93.6 Å². The molecule has 1 aliphatic rings. The Morgan fingerprint density at radius 2 is 1.65 bits per heavy atom. The SMILES string of the molecule is CC(C)(C)C(=O)c1ccc(COc2ccc3[nH]c(C(=O)O)c(-c4ccccc4)c3c2Cc2cc3c(cc2Cl)OCO3)cc1. The molecule has 6 rings (SSSR count). The number of hydrogen-bond acceptors (Lipinski definition) is 5. The van der Waals surface area contributed by atoms with Gasteiger partial charge in [0.15, 0.2) is 17.3 Å². The molecule has 1 aliphatic heterocycles. The third-order valence-corrected chi connectivity index (χ3v) is 7.86. The van der Waals surface area contributed by atoms with E-state index in [2.05, 4.69) is 4.98 Å². The van der Waals surface area contributed by atoms with Gasteiger partial charge >= 0.3 is 5.97 Å². The number of carbonyl (C=O) groups excluding carboxylic acids is 1. The van der Waals surface area contributed by atoms with Gasteiger partial charge in [0.2, 0.25) is 6.79 Å². The number of hydrogen-bond donors (Lipinski definition) is 2. The first-order chi connectivity index (χ1) is 20.6. The molecule has 0 bridgehead atoms. The third-order valence-electron chi connectivity index (χ3n) is 7.51. The second kappa shape index (κ2) is 11.2. The first kappa shape index (κ1) is 28.4. The molecule has 4 aromatic carbocycles. The van der Waals surface area contributed by atoms with Crippen molar-refractivity contribution in [2.45, 2.75) is 33.8 Å². The number of aromatic amines is 1. The van der Waals surface area contributed by atoms with Crippen molar-refractivity contribution < 1.29 is 28.9 Å². The lowest BCUT2D eigenvalue weighted by Gasteiger charge is -2.17. The highest BCUT2D eigenvalue weighted by molar-refractivity contribution is 6.31. The van der Waals surface area contributed by atoms with Gasteiger partial charge in [-0.15, -0.1) is 0 Å². The highest BCUT2D eigenvalue weighted by atomic mass is 35.5. The predicted octanol–water partition coefficient (Wildman–Crippen LogP) is 8.31. The van der Waals surface area contributed by atoms with Crippen LogP contribution < -0.4 is 14.2 Å². The summed E-state index contributed by atoms with van der Waals surface area (Å²) < 4.78 is 17.5. The van der Waals surface area contributed by atoms with E-state index in [0.717, 1.165) is 27.6 Å². The first-order valence-corrected chi connectivity index (χ1v) is 14.3. The van der Waals surface area contributed by atoms with Crippen LogP contribution in [0.2, 0.25) is 5.02 Å². The lowest BCUT2D eigenvalue weighted by molar-refractivity contribution is 0.0692. The van der Waals surface area contributed by atoms with Crippen LogP contribution >= 0.6 is 11.6 Å². The minimum Gasteiger partial charge on any atom is -0.489 e. The Bertz CT molecular complexity index is 1850. The molecule has 0 amide bonds. The lowest BCUT2D eigenvalue weighted by atomic mass is 9.86. The topological polar surface area (TPSA) is 97.9 Å². The van der Waals surface area contributed by atoms with Gasteiger partial charge in [0, 0.05) is 50.5 Å². The van der Waals surface area contributed by atoms with Crippen molar-refractivity contribution >= 4 is 34.3 Å². The number of ether oxygens (including phenoxy) is 3. The molecule has 0 spiro atoms. The van der Waals surface area contributed by atoms with Gasteiger partial charge in [-0.3, -0.25) is 4.79 Å². The van der Waals surface area contributed by atoms with E-state index in [1.54, 1.807) is 6.07 Å². The van der Waals surface area contributed by atoms with Gasteiger partial charge in [0.05, 0.1) is 0 Å².